The average Bonchev–Trinajstić information content (AvgIpc) is 3.23. The van der Waals surface area contributed by atoms with Crippen molar-refractivity contribution in [2.24, 2.45) is 0 Å². The summed E-state index contributed by atoms with van der Waals surface area (Å²) < 4.78 is 13.1. The number of ether oxygens (including phenoxy) is 2. The Labute approximate surface area is 175 Å². The largest absolute Gasteiger partial charge is 0.491 e. The molecule has 5 rings (SSSR count). The Morgan fingerprint density at radius 1 is 1.20 bits per heavy atom. The van der Waals surface area contributed by atoms with Crippen LogP contribution >= 0.6 is 0 Å². The summed E-state index contributed by atoms with van der Waals surface area (Å²) in [6, 6.07) is 13.7. The zero-order valence-electron chi connectivity index (χ0n) is 16.9. The molecule has 0 saturated carbocycles. The number of pyridine rings is 1. The van der Waals surface area contributed by atoms with Crippen molar-refractivity contribution in [2.75, 3.05) is 13.7 Å². The normalized spacial score (nSPS) is 19.9. The van der Waals surface area contributed by atoms with Crippen molar-refractivity contribution in [1.82, 2.24) is 19.9 Å². The van der Waals surface area contributed by atoms with Crippen molar-refractivity contribution in [3.63, 3.8) is 0 Å². The molecule has 30 heavy (non-hydrogen) atoms. The fraction of sp³-hybridized carbons (Fsp3) is 0.348. The molecule has 1 amide bonds. The molecule has 0 spiro atoms. The predicted octanol–water partition coefficient (Wildman–Crippen LogP) is 2.75. The van der Waals surface area contributed by atoms with Gasteiger partial charge in [-0.05, 0) is 30.5 Å². The van der Waals surface area contributed by atoms with Gasteiger partial charge in [0.1, 0.15) is 23.9 Å². The van der Waals surface area contributed by atoms with Gasteiger partial charge in [0.05, 0.1) is 13.2 Å². The minimum atomic E-state index is -0.152. The van der Waals surface area contributed by atoms with Gasteiger partial charge in [0, 0.05) is 36.8 Å². The third-order valence-electron chi connectivity index (χ3n) is 5.81. The van der Waals surface area contributed by atoms with Crippen LogP contribution in [0, 0.1) is 0 Å². The molecule has 0 saturated heterocycles. The maximum Gasteiger partial charge on any atom is 0.271 e. The average molecular weight is 404 g/mol. The van der Waals surface area contributed by atoms with E-state index in [1.807, 2.05) is 48.7 Å². The Kier molecular flexibility index (Phi) is 4.86. The van der Waals surface area contributed by atoms with E-state index in [4.69, 9.17) is 9.47 Å². The van der Waals surface area contributed by atoms with E-state index in [-0.39, 0.29) is 17.9 Å². The quantitative estimate of drug-likeness (QED) is 0.724. The minimum Gasteiger partial charge on any atom is -0.491 e. The van der Waals surface area contributed by atoms with E-state index in [0.717, 1.165) is 48.6 Å². The number of carbonyl (C=O) groups is 1. The number of hydrogen-bond donors (Lipinski definition) is 1. The molecule has 0 fully saturated rings. The van der Waals surface area contributed by atoms with Crippen LogP contribution in [-0.4, -0.2) is 40.2 Å². The van der Waals surface area contributed by atoms with Crippen LogP contribution in [0.3, 0.4) is 0 Å². The highest BCUT2D eigenvalue weighted by Gasteiger charge is 2.26. The second-order valence-corrected chi connectivity index (χ2v) is 7.83. The first kappa shape index (κ1) is 18.7. The zero-order valence-corrected chi connectivity index (χ0v) is 16.9. The molecule has 7 nitrogen and oxygen atoms in total. The fourth-order valence-corrected chi connectivity index (χ4v) is 4.25. The highest BCUT2D eigenvalue weighted by atomic mass is 16.5. The Morgan fingerprint density at radius 3 is 3.00 bits per heavy atom. The molecule has 1 N–H and O–H groups in total. The first-order valence-electron chi connectivity index (χ1n) is 10.3. The van der Waals surface area contributed by atoms with Crippen molar-refractivity contribution in [2.45, 2.75) is 37.8 Å². The summed E-state index contributed by atoms with van der Waals surface area (Å²) in [5.41, 5.74) is 2.59. The van der Waals surface area contributed by atoms with Crippen LogP contribution in [0.4, 0.5) is 0 Å². The molecule has 154 valence electrons. The second kappa shape index (κ2) is 7.82. The summed E-state index contributed by atoms with van der Waals surface area (Å²) in [5, 5.41) is 3.07. The standard InChI is InChI=1S/C23H24N4O3/c1-29-22-8-4-6-18(26-22)16-9-10-21-25-19(13-27(21)12-16)23(28)24-17-11-15-5-2-3-7-20(15)30-14-17/h2-8,13,16-17H,9-12,14H2,1H3,(H,24,28)/t16?,17-/m1/s1. The van der Waals surface area contributed by atoms with Gasteiger partial charge in [0.2, 0.25) is 5.88 Å². The van der Waals surface area contributed by atoms with Gasteiger partial charge in [-0.25, -0.2) is 9.97 Å². The first-order chi connectivity index (χ1) is 14.7. The van der Waals surface area contributed by atoms with Gasteiger partial charge >= 0.3 is 0 Å². The molecule has 2 atom stereocenters. The maximum atomic E-state index is 12.8. The maximum absolute atomic E-state index is 12.8. The number of nitrogens with zero attached hydrogens (tertiary/aromatic N) is 3. The Balaban J connectivity index is 1.27. The van der Waals surface area contributed by atoms with Gasteiger partial charge in [-0.15, -0.1) is 0 Å². The van der Waals surface area contributed by atoms with Gasteiger partial charge in [-0.3, -0.25) is 4.79 Å². The molecule has 0 bridgehead atoms. The van der Waals surface area contributed by atoms with Crippen LogP contribution in [0.15, 0.2) is 48.7 Å². The number of benzene rings is 1. The molecule has 0 radical (unpaired) electrons. The summed E-state index contributed by atoms with van der Waals surface area (Å²) in [4.78, 5) is 22.0. The Morgan fingerprint density at radius 2 is 2.10 bits per heavy atom. The molecule has 2 aliphatic heterocycles. The predicted molar refractivity (Wildman–Crippen MR) is 111 cm³/mol. The summed E-state index contributed by atoms with van der Waals surface area (Å²) in [6.07, 6.45) is 4.38. The number of para-hydroxylation sites is 1. The lowest BCUT2D eigenvalue weighted by Gasteiger charge is -2.25. The summed E-state index contributed by atoms with van der Waals surface area (Å²) in [6.45, 7) is 1.23. The van der Waals surface area contributed by atoms with Crippen LogP contribution in [0.1, 0.15) is 39.9 Å². The lowest BCUT2D eigenvalue weighted by atomic mass is 9.95. The molecular weight excluding hydrogens is 380 g/mol. The number of aromatic nitrogens is 3. The number of fused-ring (bicyclic) bond motifs is 2. The first-order valence-corrected chi connectivity index (χ1v) is 10.3. The lowest BCUT2D eigenvalue weighted by Crippen LogP contribution is -2.42. The minimum absolute atomic E-state index is 0.0557. The zero-order chi connectivity index (χ0) is 20.5. The fourth-order valence-electron chi connectivity index (χ4n) is 4.25. The van der Waals surface area contributed by atoms with Crippen molar-refractivity contribution < 1.29 is 14.3 Å². The molecule has 1 aromatic carbocycles. The number of rotatable bonds is 4. The Bertz CT molecular complexity index is 1080. The van der Waals surface area contributed by atoms with E-state index in [0.29, 0.717) is 18.2 Å². The summed E-state index contributed by atoms with van der Waals surface area (Å²) >= 11 is 0. The number of methoxy groups -OCH3 is 1. The van der Waals surface area contributed by atoms with Crippen molar-refractivity contribution in [3.8, 4) is 11.6 Å². The van der Waals surface area contributed by atoms with Crippen LogP contribution < -0.4 is 14.8 Å². The highest BCUT2D eigenvalue weighted by molar-refractivity contribution is 5.92. The topological polar surface area (TPSA) is 78.3 Å². The molecule has 3 aromatic rings. The van der Waals surface area contributed by atoms with E-state index in [9.17, 15) is 4.79 Å². The summed E-state index contributed by atoms with van der Waals surface area (Å²) in [5.74, 6) is 2.60. The van der Waals surface area contributed by atoms with Gasteiger partial charge < -0.3 is 19.4 Å². The molecule has 2 aliphatic rings. The van der Waals surface area contributed by atoms with E-state index in [2.05, 4.69) is 19.9 Å². The number of aryl methyl sites for hydroxylation is 1. The molecule has 1 unspecified atom stereocenters. The molecule has 2 aromatic heterocycles. The van der Waals surface area contributed by atoms with Crippen LogP contribution in [-0.2, 0) is 19.4 Å². The van der Waals surface area contributed by atoms with Gasteiger partial charge in [-0.1, -0.05) is 24.3 Å². The summed E-state index contributed by atoms with van der Waals surface area (Å²) in [7, 11) is 1.63. The number of nitrogens with one attached hydrogen (secondary N) is 1. The van der Waals surface area contributed by atoms with Gasteiger partial charge in [0.15, 0.2) is 0 Å². The number of hydrogen-bond acceptors (Lipinski definition) is 5. The van der Waals surface area contributed by atoms with Crippen LogP contribution in [0.2, 0.25) is 0 Å². The van der Waals surface area contributed by atoms with Gasteiger partial charge in [0.25, 0.3) is 5.91 Å². The molecule has 7 heteroatoms. The van der Waals surface area contributed by atoms with Crippen LogP contribution in [0.25, 0.3) is 0 Å². The van der Waals surface area contributed by atoms with Crippen LogP contribution in [0.5, 0.6) is 11.6 Å². The smallest absolute Gasteiger partial charge is 0.271 e. The number of imidazole rings is 1. The number of carbonyl (C=O) groups excluding carboxylic acids is 1. The van der Waals surface area contributed by atoms with E-state index < -0.39 is 0 Å². The number of amides is 1. The SMILES string of the molecule is COc1cccc(C2CCc3nc(C(=O)N[C@H]4COc5ccccc5C4)cn3C2)n1. The molecular formula is C23H24N4O3. The third-order valence-corrected chi connectivity index (χ3v) is 5.81. The molecule has 0 aliphatic carbocycles. The monoisotopic (exact) mass is 404 g/mol. The van der Waals surface area contributed by atoms with E-state index in [1.54, 1.807) is 7.11 Å². The Hall–Kier alpha value is -3.35. The highest BCUT2D eigenvalue weighted by Crippen LogP contribution is 2.29. The van der Waals surface area contributed by atoms with Gasteiger partial charge in [-0.2, -0.15) is 0 Å². The second-order valence-electron chi connectivity index (χ2n) is 7.83. The van der Waals surface area contributed by atoms with E-state index in [1.165, 1.54) is 0 Å². The van der Waals surface area contributed by atoms with Crippen molar-refractivity contribution >= 4 is 5.91 Å². The van der Waals surface area contributed by atoms with Crippen molar-refractivity contribution in [1.29, 1.82) is 0 Å². The van der Waals surface area contributed by atoms with E-state index >= 15 is 0 Å². The molecule has 4 heterocycles. The van der Waals surface area contributed by atoms with Crippen molar-refractivity contribution in [3.05, 3.63) is 71.4 Å². The third kappa shape index (κ3) is 3.63. The lowest BCUT2D eigenvalue weighted by molar-refractivity contribution is 0.0910.